The molecule has 1 rings (SSSR count). The molecule has 1 N–H and O–H groups in total. The Bertz CT molecular complexity index is 341. The fraction of sp³-hybridized carbons (Fsp3) is 0.600. The van der Waals surface area contributed by atoms with Gasteiger partial charge < -0.3 is 10.1 Å². The number of hydrogen-bond donors (Lipinski definition) is 1. The maximum Gasteiger partial charge on any atom is 0.119 e. The van der Waals surface area contributed by atoms with Crippen LogP contribution in [-0.2, 0) is 0 Å². The first-order valence-corrected chi connectivity index (χ1v) is 7.71. The van der Waals surface area contributed by atoms with Crippen LogP contribution in [0, 0.1) is 5.92 Å². The summed E-state index contributed by atoms with van der Waals surface area (Å²) < 4.78 is 5.27. The van der Waals surface area contributed by atoms with Crippen LogP contribution in [0.4, 0.5) is 0 Å². The monoisotopic (exact) mass is 267 g/mol. The third-order valence-corrected chi connectivity index (χ3v) is 4.06. The van der Waals surface area contributed by atoms with Crippen LogP contribution in [0.5, 0.6) is 5.75 Å². The molecule has 0 heterocycles. The van der Waals surface area contributed by atoms with E-state index in [1.54, 1.807) is 7.11 Å². The highest BCUT2D eigenvalue weighted by molar-refractivity contribution is 7.99. The molecule has 0 bridgehead atoms. The maximum absolute atomic E-state index is 5.27. The minimum atomic E-state index is 0.400. The fourth-order valence-electron chi connectivity index (χ4n) is 1.72. The van der Waals surface area contributed by atoms with Crippen molar-refractivity contribution in [2.45, 2.75) is 26.3 Å². The molecule has 0 amide bonds. The molecule has 1 atom stereocenters. The van der Waals surface area contributed by atoms with E-state index in [-0.39, 0.29) is 0 Å². The lowest BCUT2D eigenvalue weighted by molar-refractivity contribution is 0.413. The summed E-state index contributed by atoms with van der Waals surface area (Å²) in [7, 11) is 3.73. The topological polar surface area (TPSA) is 21.3 Å². The van der Waals surface area contributed by atoms with Crippen LogP contribution in [0.2, 0.25) is 0 Å². The average Bonchev–Trinajstić information content (AvgIpc) is 2.38. The summed E-state index contributed by atoms with van der Waals surface area (Å²) in [6.07, 6.45) is 1.29. The molecule has 0 radical (unpaired) electrons. The zero-order valence-corrected chi connectivity index (χ0v) is 12.7. The molecule has 18 heavy (non-hydrogen) atoms. The summed E-state index contributed by atoms with van der Waals surface area (Å²) >= 11 is 2.02. The Morgan fingerprint density at radius 3 is 2.72 bits per heavy atom. The standard InChI is InChI=1S/C15H25NOS/c1-12(2)8-9-18-11-15(16-3)13-6-5-7-14(10-13)17-4/h5-7,10,12,15-16H,8-9,11H2,1-4H3. The molecule has 1 aromatic rings. The van der Waals surface area contributed by atoms with Gasteiger partial charge in [0.05, 0.1) is 7.11 Å². The highest BCUT2D eigenvalue weighted by Gasteiger charge is 2.10. The molecule has 0 aliphatic rings. The van der Waals surface area contributed by atoms with Crippen molar-refractivity contribution < 1.29 is 4.74 Å². The average molecular weight is 267 g/mol. The molecule has 0 aliphatic heterocycles. The summed E-state index contributed by atoms with van der Waals surface area (Å²) in [6.45, 7) is 4.55. The van der Waals surface area contributed by atoms with Crippen molar-refractivity contribution in [3.8, 4) is 5.75 Å². The summed E-state index contributed by atoms with van der Waals surface area (Å²) in [5.74, 6) is 4.07. The van der Waals surface area contributed by atoms with Crippen molar-refractivity contribution in [2.75, 3.05) is 25.7 Å². The van der Waals surface area contributed by atoms with Gasteiger partial charge >= 0.3 is 0 Å². The Kier molecular flexibility index (Phi) is 7.21. The SMILES string of the molecule is CNC(CSCCC(C)C)c1cccc(OC)c1. The third kappa shape index (κ3) is 5.32. The Labute approximate surface area is 116 Å². The van der Waals surface area contributed by atoms with Crippen LogP contribution in [0.15, 0.2) is 24.3 Å². The lowest BCUT2D eigenvalue weighted by Crippen LogP contribution is -2.19. The molecule has 0 saturated carbocycles. The van der Waals surface area contributed by atoms with E-state index in [1.165, 1.54) is 17.7 Å². The predicted octanol–water partition coefficient (Wildman–Crippen LogP) is 3.74. The van der Waals surface area contributed by atoms with E-state index in [0.717, 1.165) is 17.4 Å². The molecule has 1 unspecified atom stereocenters. The summed E-state index contributed by atoms with van der Waals surface area (Å²) in [5.41, 5.74) is 1.30. The van der Waals surface area contributed by atoms with Gasteiger partial charge in [0, 0.05) is 11.8 Å². The first-order valence-electron chi connectivity index (χ1n) is 6.56. The minimum absolute atomic E-state index is 0.400. The van der Waals surface area contributed by atoms with Gasteiger partial charge in [0.1, 0.15) is 5.75 Å². The van der Waals surface area contributed by atoms with Crippen molar-refractivity contribution in [3.63, 3.8) is 0 Å². The number of thioether (sulfide) groups is 1. The lowest BCUT2D eigenvalue weighted by atomic mass is 10.1. The van der Waals surface area contributed by atoms with Crippen LogP contribution in [0.1, 0.15) is 31.9 Å². The van der Waals surface area contributed by atoms with Crippen molar-refractivity contribution in [1.29, 1.82) is 0 Å². The van der Waals surface area contributed by atoms with Crippen molar-refractivity contribution >= 4 is 11.8 Å². The van der Waals surface area contributed by atoms with E-state index in [0.29, 0.717) is 6.04 Å². The number of benzene rings is 1. The number of rotatable bonds is 8. The molecule has 0 aromatic heterocycles. The molecule has 102 valence electrons. The second kappa shape index (κ2) is 8.44. The van der Waals surface area contributed by atoms with E-state index in [1.807, 2.05) is 24.9 Å². The van der Waals surface area contributed by atoms with E-state index in [9.17, 15) is 0 Å². The van der Waals surface area contributed by atoms with Gasteiger partial charge in [0.2, 0.25) is 0 Å². The number of methoxy groups -OCH3 is 1. The van der Waals surface area contributed by atoms with Gasteiger partial charge in [-0.15, -0.1) is 0 Å². The molecule has 1 aromatic carbocycles. The van der Waals surface area contributed by atoms with E-state index >= 15 is 0 Å². The van der Waals surface area contributed by atoms with Crippen molar-refractivity contribution in [1.82, 2.24) is 5.32 Å². The summed E-state index contributed by atoms with van der Waals surface area (Å²) in [4.78, 5) is 0. The van der Waals surface area contributed by atoms with Crippen LogP contribution in [-0.4, -0.2) is 25.7 Å². The minimum Gasteiger partial charge on any atom is -0.497 e. The van der Waals surface area contributed by atoms with Gasteiger partial charge in [0.15, 0.2) is 0 Å². The quantitative estimate of drug-likeness (QED) is 0.725. The number of nitrogens with one attached hydrogen (secondary N) is 1. The van der Waals surface area contributed by atoms with Crippen molar-refractivity contribution in [2.24, 2.45) is 5.92 Å². The Hall–Kier alpha value is -0.670. The second-order valence-electron chi connectivity index (χ2n) is 4.88. The van der Waals surface area contributed by atoms with Crippen LogP contribution < -0.4 is 10.1 Å². The van der Waals surface area contributed by atoms with E-state index in [4.69, 9.17) is 4.74 Å². The molecule has 2 nitrogen and oxygen atoms in total. The van der Waals surface area contributed by atoms with Crippen LogP contribution in [0.3, 0.4) is 0 Å². The molecule has 3 heteroatoms. The molecular weight excluding hydrogens is 242 g/mol. The van der Waals surface area contributed by atoms with E-state index in [2.05, 4.69) is 37.4 Å². The Balaban J connectivity index is 2.49. The van der Waals surface area contributed by atoms with Gasteiger partial charge in [-0.2, -0.15) is 11.8 Å². The van der Waals surface area contributed by atoms with Gasteiger partial charge in [-0.3, -0.25) is 0 Å². The highest BCUT2D eigenvalue weighted by Crippen LogP contribution is 2.23. The molecule has 0 fully saturated rings. The normalized spacial score (nSPS) is 12.7. The second-order valence-corrected chi connectivity index (χ2v) is 6.03. The zero-order chi connectivity index (χ0) is 13.4. The molecule has 0 saturated heterocycles. The van der Waals surface area contributed by atoms with Gasteiger partial charge in [-0.25, -0.2) is 0 Å². The number of ether oxygens (including phenoxy) is 1. The lowest BCUT2D eigenvalue weighted by Gasteiger charge is -2.17. The molecular formula is C15H25NOS. The fourth-order valence-corrected chi connectivity index (χ4v) is 3.12. The van der Waals surface area contributed by atoms with Gasteiger partial charge in [-0.05, 0) is 42.8 Å². The van der Waals surface area contributed by atoms with E-state index < -0.39 is 0 Å². The smallest absolute Gasteiger partial charge is 0.119 e. The maximum atomic E-state index is 5.27. The number of hydrogen-bond acceptors (Lipinski definition) is 3. The molecule has 0 spiro atoms. The Morgan fingerprint density at radius 1 is 1.33 bits per heavy atom. The summed E-state index contributed by atoms with van der Waals surface area (Å²) in [5, 5.41) is 3.38. The van der Waals surface area contributed by atoms with Crippen LogP contribution >= 0.6 is 11.8 Å². The highest BCUT2D eigenvalue weighted by atomic mass is 32.2. The van der Waals surface area contributed by atoms with Crippen LogP contribution in [0.25, 0.3) is 0 Å². The van der Waals surface area contributed by atoms with Gasteiger partial charge in [-0.1, -0.05) is 26.0 Å². The first-order chi connectivity index (χ1) is 8.67. The summed E-state index contributed by atoms with van der Waals surface area (Å²) in [6, 6.07) is 8.72. The zero-order valence-electron chi connectivity index (χ0n) is 11.9. The van der Waals surface area contributed by atoms with Gasteiger partial charge in [0.25, 0.3) is 0 Å². The molecule has 0 aliphatic carbocycles. The Morgan fingerprint density at radius 2 is 2.11 bits per heavy atom. The third-order valence-electron chi connectivity index (χ3n) is 2.97. The first kappa shape index (κ1) is 15.4. The largest absolute Gasteiger partial charge is 0.497 e. The van der Waals surface area contributed by atoms with Crippen molar-refractivity contribution in [3.05, 3.63) is 29.8 Å². The predicted molar refractivity (Wildman–Crippen MR) is 81.6 cm³/mol.